The van der Waals surface area contributed by atoms with Crippen LogP contribution < -0.4 is 4.74 Å². The van der Waals surface area contributed by atoms with Gasteiger partial charge in [-0.15, -0.1) is 0 Å². The van der Waals surface area contributed by atoms with E-state index < -0.39 is 30.5 Å². The van der Waals surface area contributed by atoms with Crippen molar-refractivity contribution < 1.29 is 28.6 Å². The Bertz CT molecular complexity index is 848. The molecule has 0 atom stereocenters. The lowest BCUT2D eigenvalue weighted by Gasteiger charge is -2.26. The summed E-state index contributed by atoms with van der Waals surface area (Å²) in [7, 11) is 0. The molecule has 2 aromatic carbocycles. The van der Waals surface area contributed by atoms with Crippen molar-refractivity contribution in [3.63, 3.8) is 0 Å². The van der Waals surface area contributed by atoms with Crippen LogP contribution in [0, 0.1) is 0 Å². The number of cyclic esters (lactones) is 1. The number of hydrogen-bond donors (Lipinski definition) is 0. The number of carbonyl (C=O) groups excluding carboxylic acids is 3. The second-order valence-corrected chi connectivity index (χ2v) is 5.88. The first-order valence-corrected chi connectivity index (χ1v) is 8.14. The van der Waals surface area contributed by atoms with Crippen LogP contribution in [-0.4, -0.2) is 42.6 Å². The van der Waals surface area contributed by atoms with Gasteiger partial charge in [0.2, 0.25) is 0 Å². The Morgan fingerprint density at radius 2 is 1.65 bits per heavy atom. The van der Waals surface area contributed by atoms with Crippen molar-refractivity contribution in [2.24, 2.45) is 0 Å². The van der Waals surface area contributed by atoms with Gasteiger partial charge in [0.1, 0.15) is 24.0 Å². The predicted octanol–water partition coefficient (Wildman–Crippen LogP) is 2.45. The number of carbonyl (C=O) groups is 3. The number of benzene rings is 2. The Morgan fingerprint density at radius 3 is 2.23 bits per heavy atom. The molecule has 7 heteroatoms. The second-order valence-electron chi connectivity index (χ2n) is 5.88. The Morgan fingerprint density at radius 1 is 1.04 bits per heavy atom. The van der Waals surface area contributed by atoms with Crippen molar-refractivity contribution in [2.75, 3.05) is 19.8 Å². The van der Waals surface area contributed by atoms with E-state index in [1.807, 2.05) is 24.3 Å². The zero-order valence-electron chi connectivity index (χ0n) is 13.7. The number of imide groups is 1. The zero-order chi connectivity index (χ0) is 18.1. The van der Waals surface area contributed by atoms with Gasteiger partial charge < -0.3 is 14.2 Å². The summed E-state index contributed by atoms with van der Waals surface area (Å²) in [5.74, 6) is -0.733. The van der Waals surface area contributed by atoms with Gasteiger partial charge in [0.15, 0.2) is 6.61 Å². The van der Waals surface area contributed by atoms with Crippen LogP contribution in [0.5, 0.6) is 11.5 Å². The number of rotatable bonds is 3. The summed E-state index contributed by atoms with van der Waals surface area (Å²) >= 11 is 0. The summed E-state index contributed by atoms with van der Waals surface area (Å²) in [4.78, 5) is 37.2. The molecular weight excluding hydrogens is 338 g/mol. The van der Waals surface area contributed by atoms with E-state index in [-0.39, 0.29) is 13.2 Å². The van der Waals surface area contributed by atoms with Gasteiger partial charge >= 0.3 is 12.1 Å². The molecule has 4 rings (SSSR count). The highest BCUT2D eigenvalue weighted by atomic mass is 16.6. The van der Waals surface area contributed by atoms with Crippen molar-refractivity contribution in [1.82, 2.24) is 4.90 Å². The van der Waals surface area contributed by atoms with Crippen molar-refractivity contribution in [3.05, 3.63) is 59.7 Å². The van der Waals surface area contributed by atoms with E-state index >= 15 is 0 Å². The maximum Gasteiger partial charge on any atom is 0.416 e. The van der Waals surface area contributed by atoms with Crippen molar-refractivity contribution in [1.29, 1.82) is 0 Å². The molecule has 0 saturated carbocycles. The molecule has 0 bridgehead atoms. The lowest BCUT2D eigenvalue weighted by molar-refractivity contribution is -0.151. The molecule has 2 aromatic rings. The van der Waals surface area contributed by atoms with Crippen LogP contribution in [0.3, 0.4) is 0 Å². The molecule has 0 radical (unpaired) electrons. The summed E-state index contributed by atoms with van der Waals surface area (Å²) < 4.78 is 15.8. The number of hydrogen-bond acceptors (Lipinski definition) is 6. The smallest absolute Gasteiger partial charge is 0.416 e. The average molecular weight is 353 g/mol. The number of para-hydroxylation sites is 2. The fraction of sp³-hybridized carbons (Fsp3) is 0.211. The van der Waals surface area contributed by atoms with Crippen LogP contribution in [0.1, 0.15) is 17.0 Å². The van der Waals surface area contributed by atoms with Gasteiger partial charge in [0.25, 0.3) is 5.91 Å². The molecule has 0 spiro atoms. The SMILES string of the molecule is O=C(OCC(=O)N1CCOC1=O)C1c2ccccc2Oc2ccccc21. The minimum absolute atomic E-state index is 0.152. The standard InChI is InChI=1S/C19H15NO6/c21-16(20-9-10-24-19(20)23)11-25-18(22)17-12-5-1-3-7-14(12)26-15-8-4-2-6-13(15)17/h1-8,17H,9-11H2. The summed E-state index contributed by atoms with van der Waals surface area (Å²) in [5, 5.41) is 0. The molecular formula is C19H15NO6. The second kappa shape index (κ2) is 6.51. The largest absolute Gasteiger partial charge is 0.457 e. The van der Waals surface area contributed by atoms with Crippen LogP contribution in [0.15, 0.2) is 48.5 Å². The van der Waals surface area contributed by atoms with Crippen molar-refractivity contribution >= 4 is 18.0 Å². The number of esters is 1. The van der Waals surface area contributed by atoms with E-state index in [2.05, 4.69) is 0 Å². The van der Waals surface area contributed by atoms with E-state index in [4.69, 9.17) is 14.2 Å². The molecule has 2 aliphatic heterocycles. The quantitative estimate of drug-likeness (QED) is 0.789. The third-order valence-electron chi connectivity index (χ3n) is 4.32. The summed E-state index contributed by atoms with van der Waals surface area (Å²) in [6.45, 7) is -0.201. The number of ether oxygens (including phenoxy) is 3. The molecule has 1 fully saturated rings. The third-order valence-corrected chi connectivity index (χ3v) is 4.32. The molecule has 2 aliphatic rings. The van der Waals surface area contributed by atoms with E-state index in [1.165, 1.54) is 0 Å². The summed E-state index contributed by atoms with van der Waals surface area (Å²) in [6, 6.07) is 14.4. The topological polar surface area (TPSA) is 82.1 Å². The Hall–Kier alpha value is -3.35. The Labute approximate surface area is 149 Å². The molecule has 7 nitrogen and oxygen atoms in total. The maximum atomic E-state index is 12.8. The van der Waals surface area contributed by atoms with Crippen molar-refractivity contribution in [2.45, 2.75) is 5.92 Å². The molecule has 26 heavy (non-hydrogen) atoms. The fourth-order valence-corrected chi connectivity index (χ4v) is 3.08. The summed E-state index contributed by atoms with van der Waals surface area (Å²) in [5.41, 5.74) is 1.34. The van der Waals surface area contributed by atoms with E-state index in [1.54, 1.807) is 24.3 Å². The van der Waals surface area contributed by atoms with Crippen LogP contribution in [-0.2, 0) is 19.1 Å². The number of nitrogens with zero attached hydrogens (tertiary/aromatic N) is 1. The van der Waals surface area contributed by atoms with E-state index in [9.17, 15) is 14.4 Å². The molecule has 2 amide bonds. The first-order chi connectivity index (χ1) is 12.6. The average Bonchev–Trinajstić information content (AvgIpc) is 3.10. The van der Waals surface area contributed by atoms with Crippen LogP contribution in [0.25, 0.3) is 0 Å². The van der Waals surface area contributed by atoms with Gasteiger partial charge in [-0.2, -0.15) is 0 Å². The summed E-state index contributed by atoms with van der Waals surface area (Å²) in [6.07, 6.45) is -0.715. The lowest BCUT2D eigenvalue weighted by Crippen LogP contribution is -2.36. The predicted molar refractivity (Wildman–Crippen MR) is 88.8 cm³/mol. The molecule has 0 aromatic heterocycles. The van der Waals surface area contributed by atoms with Crippen LogP contribution in [0.2, 0.25) is 0 Å². The van der Waals surface area contributed by atoms with Crippen molar-refractivity contribution in [3.8, 4) is 11.5 Å². The number of amides is 2. The maximum absolute atomic E-state index is 12.8. The number of fused-ring (bicyclic) bond motifs is 2. The molecule has 132 valence electrons. The van der Waals surface area contributed by atoms with Gasteiger partial charge in [-0.3, -0.25) is 9.59 Å². The molecule has 1 saturated heterocycles. The van der Waals surface area contributed by atoms with Gasteiger partial charge in [-0.1, -0.05) is 36.4 Å². The Balaban J connectivity index is 1.56. The van der Waals surface area contributed by atoms with Crippen LogP contribution >= 0.6 is 0 Å². The third kappa shape index (κ3) is 2.77. The first kappa shape index (κ1) is 16.1. The minimum Gasteiger partial charge on any atom is -0.457 e. The highest BCUT2D eigenvalue weighted by Gasteiger charge is 2.35. The molecule has 0 unspecified atom stereocenters. The highest BCUT2D eigenvalue weighted by molar-refractivity contribution is 5.95. The minimum atomic E-state index is -0.715. The highest BCUT2D eigenvalue weighted by Crippen LogP contribution is 2.44. The van der Waals surface area contributed by atoms with Gasteiger partial charge in [-0.25, -0.2) is 9.69 Å². The van der Waals surface area contributed by atoms with Gasteiger partial charge in [0, 0.05) is 11.1 Å². The first-order valence-electron chi connectivity index (χ1n) is 8.14. The molecule has 0 N–H and O–H groups in total. The molecule has 2 heterocycles. The zero-order valence-corrected chi connectivity index (χ0v) is 13.7. The fourth-order valence-electron chi connectivity index (χ4n) is 3.08. The van der Waals surface area contributed by atoms with Gasteiger partial charge in [0.05, 0.1) is 6.54 Å². The Kier molecular flexibility index (Phi) is 4.04. The monoisotopic (exact) mass is 353 g/mol. The van der Waals surface area contributed by atoms with Crippen LogP contribution in [0.4, 0.5) is 4.79 Å². The molecule has 0 aliphatic carbocycles. The van der Waals surface area contributed by atoms with Gasteiger partial charge in [-0.05, 0) is 12.1 Å². The van der Waals surface area contributed by atoms with E-state index in [0.29, 0.717) is 22.6 Å². The normalized spacial score (nSPS) is 15.5. The van der Waals surface area contributed by atoms with E-state index in [0.717, 1.165) is 4.90 Å². The lowest BCUT2D eigenvalue weighted by atomic mass is 9.88.